The number of fused-ring (bicyclic) bond motifs is 1. The third kappa shape index (κ3) is 4.86. The van der Waals surface area contributed by atoms with E-state index in [9.17, 15) is 4.79 Å². The fraction of sp³-hybridized carbons (Fsp3) is 0.632. The van der Waals surface area contributed by atoms with E-state index < -0.39 is 0 Å². The molecule has 0 radical (unpaired) electrons. The molecule has 1 aromatic carbocycles. The van der Waals surface area contributed by atoms with E-state index in [1.54, 1.807) is 7.11 Å². The van der Waals surface area contributed by atoms with Gasteiger partial charge in [0.2, 0.25) is 5.91 Å². The molecule has 3 rings (SSSR count). The van der Waals surface area contributed by atoms with E-state index in [4.69, 9.17) is 9.47 Å². The minimum Gasteiger partial charge on any atom is -0.493 e. The van der Waals surface area contributed by atoms with Crippen molar-refractivity contribution in [3.8, 4) is 11.5 Å². The number of nitrogens with zero attached hydrogens (tertiary/aromatic N) is 2. The topological polar surface area (TPSA) is 54.0 Å². The summed E-state index contributed by atoms with van der Waals surface area (Å²) in [6.45, 7) is 5.86. The Kier molecular flexibility index (Phi) is 6.15. The summed E-state index contributed by atoms with van der Waals surface area (Å²) < 4.78 is 11.2. The van der Waals surface area contributed by atoms with Crippen LogP contribution in [0.15, 0.2) is 18.2 Å². The Bertz CT molecular complexity index is 593. The van der Waals surface area contributed by atoms with Gasteiger partial charge in [-0.3, -0.25) is 9.69 Å². The zero-order valence-corrected chi connectivity index (χ0v) is 15.3. The summed E-state index contributed by atoms with van der Waals surface area (Å²) in [6.07, 6.45) is 2.03. The summed E-state index contributed by atoms with van der Waals surface area (Å²) in [5, 5.41) is 3.09. The molecule has 0 aliphatic carbocycles. The Labute approximate surface area is 150 Å². The minimum absolute atomic E-state index is 0.112. The molecule has 25 heavy (non-hydrogen) atoms. The van der Waals surface area contributed by atoms with Gasteiger partial charge < -0.3 is 19.7 Å². The van der Waals surface area contributed by atoms with E-state index in [0.29, 0.717) is 25.6 Å². The highest BCUT2D eigenvalue weighted by molar-refractivity contribution is 5.78. The first-order valence-corrected chi connectivity index (χ1v) is 9.12. The second kappa shape index (κ2) is 8.54. The minimum atomic E-state index is 0.112. The molecule has 138 valence electrons. The van der Waals surface area contributed by atoms with Crippen LogP contribution in [0.25, 0.3) is 0 Å². The van der Waals surface area contributed by atoms with Gasteiger partial charge in [0.05, 0.1) is 20.3 Å². The monoisotopic (exact) mass is 347 g/mol. The van der Waals surface area contributed by atoms with Crippen LogP contribution < -0.4 is 14.8 Å². The van der Waals surface area contributed by atoms with Crippen molar-refractivity contribution in [3.05, 3.63) is 23.8 Å². The summed E-state index contributed by atoms with van der Waals surface area (Å²) in [5.41, 5.74) is 1.15. The van der Waals surface area contributed by atoms with Gasteiger partial charge in [-0.25, -0.2) is 0 Å². The number of methoxy groups -OCH3 is 1. The molecule has 1 fully saturated rings. The van der Waals surface area contributed by atoms with Gasteiger partial charge in [0.15, 0.2) is 11.5 Å². The Hall–Kier alpha value is -1.79. The number of benzene rings is 1. The maximum atomic E-state index is 12.3. The van der Waals surface area contributed by atoms with E-state index >= 15 is 0 Å². The molecular weight excluding hydrogens is 318 g/mol. The highest BCUT2D eigenvalue weighted by atomic mass is 16.5. The number of nitrogens with one attached hydrogen (secondary N) is 1. The van der Waals surface area contributed by atoms with Crippen molar-refractivity contribution >= 4 is 5.91 Å². The normalized spacial score (nSPS) is 21.8. The molecule has 1 atom stereocenters. The third-order valence-corrected chi connectivity index (χ3v) is 5.02. The fourth-order valence-electron chi connectivity index (χ4n) is 3.52. The molecule has 1 N–H and O–H groups in total. The summed E-state index contributed by atoms with van der Waals surface area (Å²) in [7, 11) is 3.80. The van der Waals surface area contributed by atoms with Gasteiger partial charge in [-0.15, -0.1) is 0 Å². The van der Waals surface area contributed by atoms with Crippen molar-refractivity contribution in [2.75, 3.05) is 60.0 Å². The largest absolute Gasteiger partial charge is 0.493 e. The molecule has 0 aromatic heterocycles. The lowest BCUT2D eigenvalue weighted by atomic mass is 9.96. The van der Waals surface area contributed by atoms with Crippen LogP contribution >= 0.6 is 0 Å². The summed E-state index contributed by atoms with van der Waals surface area (Å²) in [6, 6.07) is 5.97. The lowest BCUT2D eigenvalue weighted by Gasteiger charge is -2.27. The first-order valence-electron chi connectivity index (χ1n) is 9.12. The SMILES string of the molecule is COc1cccc2c1OCC(CNC(=O)CN1CCCN(C)CC1)C2. The molecular formula is C19H29N3O3. The molecule has 1 aromatic rings. The smallest absolute Gasteiger partial charge is 0.234 e. The van der Waals surface area contributed by atoms with E-state index in [1.165, 1.54) is 0 Å². The number of para-hydroxylation sites is 1. The summed E-state index contributed by atoms with van der Waals surface area (Å²) in [4.78, 5) is 16.8. The van der Waals surface area contributed by atoms with Crippen LogP contribution in [0.1, 0.15) is 12.0 Å². The number of carbonyl (C=O) groups excluding carboxylic acids is 1. The molecule has 1 saturated heterocycles. The highest BCUT2D eigenvalue weighted by Crippen LogP contribution is 2.35. The van der Waals surface area contributed by atoms with Crippen molar-refractivity contribution in [2.24, 2.45) is 5.92 Å². The molecule has 0 saturated carbocycles. The molecule has 1 amide bonds. The van der Waals surface area contributed by atoms with Crippen molar-refractivity contribution in [1.29, 1.82) is 0 Å². The van der Waals surface area contributed by atoms with Crippen LogP contribution in [0.2, 0.25) is 0 Å². The van der Waals surface area contributed by atoms with Gasteiger partial charge in [-0.2, -0.15) is 0 Å². The van der Waals surface area contributed by atoms with Gasteiger partial charge in [0, 0.05) is 25.6 Å². The first-order chi connectivity index (χ1) is 12.2. The lowest BCUT2D eigenvalue weighted by molar-refractivity contribution is -0.122. The average molecular weight is 347 g/mol. The molecule has 0 spiro atoms. The van der Waals surface area contributed by atoms with Crippen LogP contribution in [0.4, 0.5) is 0 Å². The maximum Gasteiger partial charge on any atom is 0.234 e. The molecule has 2 aliphatic heterocycles. The third-order valence-electron chi connectivity index (χ3n) is 5.02. The number of likely N-dealkylation sites (N-methyl/N-ethyl adjacent to an activating group) is 1. The van der Waals surface area contributed by atoms with Gasteiger partial charge >= 0.3 is 0 Å². The van der Waals surface area contributed by atoms with Crippen LogP contribution in [0.5, 0.6) is 11.5 Å². The van der Waals surface area contributed by atoms with E-state index in [0.717, 1.165) is 56.1 Å². The number of hydrogen-bond acceptors (Lipinski definition) is 5. The van der Waals surface area contributed by atoms with Gasteiger partial charge in [-0.1, -0.05) is 12.1 Å². The van der Waals surface area contributed by atoms with Gasteiger partial charge in [0.25, 0.3) is 0 Å². The Balaban J connectivity index is 1.45. The Morgan fingerprint density at radius 1 is 1.32 bits per heavy atom. The van der Waals surface area contributed by atoms with Crippen molar-refractivity contribution in [1.82, 2.24) is 15.1 Å². The highest BCUT2D eigenvalue weighted by Gasteiger charge is 2.23. The standard InChI is InChI=1S/C19H29N3O3/c1-21-7-4-8-22(10-9-21)13-18(23)20-12-15-11-16-5-3-6-17(24-2)19(16)25-14-15/h3,5-6,15H,4,7-14H2,1-2H3,(H,20,23). The quantitative estimate of drug-likeness (QED) is 0.861. The Morgan fingerprint density at radius 3 is 3.04 bits per heavy atom. The van der Waals surface area contributed by atoms with Crippen molar-refractivity contribution in [3.63, 3.8) is 0 Å². The van der Waals surface area contributed by atoms with E-state index in [2.05, 4.69) is 28.2 Å². The fourth-order valence-corrected chi connectivity index (χ4v) is 3.52. The van der Waals surface area contributed by atoms with Crippen LogP contribution in [0.3, 0.4) is 0 Å². The number of ether oxygens (including phenoxy) is 2. The predicted molar refractivity (Wildman–Crippen MR) is 97.2 cm³/mol. The lowest BCUT2D eigenvalue weighted by Crippen LogP contribution is -2.42. The zero-order chi connectivity index (χ0) is 17.6. The average Bonchev–Trinajstić information content (AvgIpc) is 2.83. The van der Waals surface area contributed by atoms with Crippen LogP contribution in [-0.4, -0.2) is 75.7 Å². The number of rotatable bonds is 5. The molecule has 2 heterocycles. The molecule has 0 bridgehead atoms. The van der Waals surface area contributed by atoms with Crippen LogP contribution in [-0.2, 0) is 11.2 Å². The molecule has 6 nitrogen and oxygen atoms in total. The second-order valence-electron chi connectivity index (χ2n) is 7.07. The van der Waals surface area contributed by atoms with Crippen molar-refractivity contribution in [2.45, 2.75) is 12.8 Å². The molecule has 1 unspecified atom stereocenters. The second-order valence-corrected chi connectivity index (χ2v) is 7.07. The first kappa shape index (κ1) is 18.0. The van der Waals surface area contributed by atoms with Crippen molar-refractivity contribution < 1.29 is 14.3 Å². The van der Waals surface area contributed by atoms with Crippen LogP contribution in [0, 0.1) is 5.92 Å². The summed E-state index contributed by atoms with van der Waals surface area (Å²) in [5.74, 6) is 2.05. The summed E-state index contributed by atoms with van der Waals surface area (Å²) >= 11 is 0. The number of amides is 1. The number of carbonyl (C=O) groups is 1. The maximum absolute atomic E-state index is 12.3. The number of hydrogen-bond donors (Lipinski definition) is 1. The zero-order valence-electron chi connectivity index (χ0n) is 15.3. The predicted octanol–water partition coefficient (Wildman–Crippen LogP) is 1.00. The van der Waals surface area contributed by atoms with Gasteiger partial charge in [0.1, 0.15) is 0 Å². The molecule has 2 aliphatic rings. The van der Waals surface area contributed by atoms with Gasteiger partial charge in [-0.05, 0) is 44.6 Å². The molecule has 6 heteroatoms. The van der Waals surface area contributed by atoms with E-state index in [1.807, 2.05) is 12.1 Å². The Morgan fingerprint density at radius 2 is 2.20 bits per heavy atom. The van der Waals surface area contributed by atoms with E-state index in [-0.39, 0.29) is 5.91 Å².